The molecule has 0 radical (unpaired) electrons. The predicted octanol–water partition coefficient (Wildman–Crippen LogP) is 3.71. The molecule has 1 aromatic heterocycles. The van der Waals surface area contributed by atoms with Gasteiger partial charge < -0.3 is 14.5 Å². The average molecular weight is 313 g/mol. The number of oxazole rings is 1. The van der Waals surface area contributed by atoms with E-state index in [2.05, 4.69) is 10.3 Å². The lowest BCUT2D eigenvalue weighted by Crippen LogP contribution is -2.21. The Morgan fingerprint density at radius 1 is 1.30 bits per heavy atom. The van der Waals surface area contributed by atoms with E-state index in [1.54, 1.807) is 30.7 Å². The molecule has 0 aliphatic carbocycles. The van der Waals surface area contributed by atoms with E-state index in [0.717, 1.165) is 19.5 Å². The summed E-state index contributed by atoms with van der Waals surface area (Å²) in [6.45, 7) is 1.85. The van der Waals surface area contributed by atoms with Crippen LogP contribution in [0.5, 0.6) is 5.75 Å². The number of nitrogens with one attached hydrogen (secondary N) is 1. The predicted molar refractivity (Wildman–Crippen MR) is 77.3 cm³/mol. The summed E-state index contributed by atoms with van der Waals surface area (Å²) in [6.07, 6.45) is 3.95. The van der Waals surface area contributed by atoms with Crippen LogP contribution in [-0.4, -0.2) is 18.1 Å². The third-order valence-corrected chi connectivity index (χ3v) is 3.76. The fourth-order valence-corrected chi connectivity index (χ4v) is 2.91. The van der Waals surface area contributed by atoms with E-state index in [1.807, 2.05) is 0 Å². The second kappa shape index (κ2) is 6.04. The van der Waals surface area contributed by atoms with Gasteiger partial charge in [-0.3, -0.25) is 0 Å². The number of ether oxygens (including phenoxy) is 1. The summed E-state index contributed by atoms with van der Waals surface area (Å²) in [7, 11) is 0. The van der Waals surface area contributed by atoms with Crippen molar-refractivity contribution < 1.29 is 9.15 Å². The molecule has 0 unspecified atom stereocenters. The average Bonchev–Trinajstić information content (AvgIpc) is 3.08. The zero-order valence-corrected chi connectivity index (χ0v) is 12.2. The van der Waals surface area contributed by atoms with Crippen molar-refractivity contribution in [3.05, 3.63) is 46.6 Å². The van der Waals surface area contributed by atoms with Crippen LogP contribution in [-0.2, 0) is 0 Å². The Morgan fingerprint density at radius 3 is 2.70 bits per heavy atom. The molecule has 1 aromatic carbocycles. The van der Waals surface area contributed by atoms with Gasteiger partial charge in [-0.15, -0.1) is 0 Å². The first-order chi connectivity index (χ1) is 9.72. The van der Waals surface area contributed by atoms with Gasteiger partial charge in [0.15, 0.2) is 6.10 Å². The first-order valence-corrected chi connectivity index (χ1v) is 7.21. The van der Waals surface area contributed by atoms with Crippen LogP contribution in [0.1, 0.15) is 18.4 Å². The molecule has 0 spiro atoms. The van der Waals surface area contributed by atoms with E-state index in [1.165, 1.54) is 0 Å². The molecule has 4 nitrogen and oxygen atoms in total. The van der Waals surface area contributed by atoms with Crippen LogP contribution in [0.4, 0.5) is 0 Å². The van der Waals surface area contributed by atoms with Crippen LogP contribution in [0.25, 0.3) is 0 Å². The van der Waals surface area contributed by atoms with E-state index in [0.29, 0.717) is 27.6 Å². The van der Waals surface area contributed by atoms with Gasteiger partial charge in [-0.25, -0.2) is 4.98 Å². The summed E-state index contributed by atoms with van der Waals surface area (Å²) in [5, 5.41) is 4.41. The first kappa shape index (κ1) is 13.7. The molecule has 3 rings (SSSR count). The molecule has 1 fully saturated rings. The Kier molecular flexibility index (Phi) is 4.15. The lowest BCUT2D eigenvalue weighted by molar-refractivity contribution is 0.114. The Hall–Kier alpha value is -1.23. The monoisotopic (exact) mass is 312 g/mol. The second-order valence-electron chi connectivity index (χ2n) is 4.77. The van der Waals surface area contributed by atoms with Crippen LogP contribution in [0.3, 0.4) is 0 Å². The van der Waals surface area contributed by atoms with Gasteiger partial charge >= 0.3 is 0 Å². The minimum absolute atomic E-state index is 0.241. The number of halogens is 2. The van der Waals surface area contributed by atoms with E-state index < -0.39 is 0 Å². The summed E-state index contributed by atoms with van der Waals surface area (Å²) in [5.74, 6) is 1.51. The summed E-state index contributed by atoms with van der Waals surface area (Å²) in [5.41, 5.74) is 0. The normalized spacial score (nSPS) is 20.0. The van der Waals surface area contributed by atoms with E-state index in [4.69, 9.17) is 32.4 Å². The molecule has 0 bridgehead atoms. The number of hydrogen-bond donors (Lipinski definition) is 1. The third kappa shape index (κ3) is 3.08. The Bertz CT molecular complexity index is 548. The van der Waals surface area contributed by atoms with Gasteiger partial charge in [0, 0.05) is 22.5 Å². The SMILES string of the molecule is Clc1cc(Cl)cc(O[C@H](c2ncco2)[C@H]2CCNC2)c1. The molecule has 2 aromatic rings. The topological polar surface area (TPSA) is 47.3 Å². The smallest absolute Gasteiger partial charge is 0.235 e. The highest BCUT2D eigenvalue weighted by atomic mass is 35.5. The Morgan fingerprint density at radius 2 is 2.10 bits per heavy atom. The van der Waals surface area contributed by atoms with E-state index in [-0.39, 0.29) is 6.10 Å². The molecule has 1 aliphatic rings. The highest BCUT2D eigenvalue weighted by molar-refractivity contribution is 6.34. The largest absolute Gasteiger partial charge is 0.480 e. The first-order valence-electron chi connectivity index (χ1n) is 6.45. The van der Waals surface area contributed by atoms with Gasteiger partial charge in [-0.05, 0) is 31.2 Å². The summed E-state index contributed by atoms with van der Waals surface area (Å²) < 4.78 is 11.5. The molecule has 1 saturated heterocycles. The number of hydrogen-bond acceptors (Lipinski definition) is 4. The number of benzene rings is 1. The molecular formula is C14H14Cl2N2O2. The third-order valence-electron chi connectivity index (χ3n) is 3.32. The molecule has 0 saturated carbocycles. The highest BCUT2D eigenvalue weighted by Gasteiger charge is 2.31. The Balaban J connectivity index is 1.85. The van der Waals surface area contributed by atoms with Crippen LogP contribution < -0.4 is 10.1 Å². The summed E-state index contributed by atoms with van der Waals surface area (Å²) >= 11 is 12.0. The van der Waals surface area contributed by atoms with Crippen molar-refractivity contribution in [1.82, 2.24) is 10.3 Å². The van der Waals surface area contributed by atoms with Crippen molar-refractivity contribution in [3.8, 4) is 5.75 Å². The Labute approximate surface area is 127 Å². The number of nitrogens with zero attached hydrogens (tertiary/aromatic N) is 1. The van der Waals surface area contributed by atoms with Crippen molar-refractivity contribution in [3.63, 3.8) is 0 Å². The van der Waals surface area contributed by atoms with Crippen molar-refractivity contribution in [2.45, 2.75) is 12.5 Å². The lowest BCUT2D eigenvalue weighted by atomic mass is 10.0. The van der Waals surface area contributed by atoms with Crippen LogP contribution >= 0.6 is 23.2 Å². The van der Waals surface area contributed by atoms with Gasteiger partial charge in [0.25, 0.3) is 0 Å². The van der Waals surface area contributed by atoms with Crippen molar-refractivity contribution in [2.75, 3.05) is 13.1 Å². The maximum Gasteiger partial charge on any atom is 0.235 e. The van der Waals surface area contributed by atoms with E-state index >= 15 is 0 Å². The molecule has 106 valence electrons. The highest BCUT2D eigenvalue weighted by Crippen LogP contribution is 2.33. The van der Waals surface area contributed by atoms with Gasteiger partial charge in [-0.2, -0.15) is 0 Å². The zero-order chi connectivity index (χ0) is 13.9. The van der Waals surface area contributed by atoms with Gasteiger partial charge in [-0.1, -0.05) is 23.2 Å². The van der Waals surface area contributed by atoms with Gasteiger partial charge in [0.2, 0.25) is 5.89 Å². The zero-order valence-electron chi connectivity index (χ0n) is 10.7. The molecule has 0 amide bonds. The van der Waals surface area contributed by atoms with Crippen molar-refractivity contribution >= 4 is 23.2 Å². The quantitative estimate of drug-likeness (QED) is 0.935. The van der Waals surface area contributed by atoms with Crippen LogP contribution in [0.2, 0.25) is 10.0 Å². The van der Waals surface area contributed by atoms with Crippen molar-refractivity contribution in [1.29, 1.82) is 0 Å². The standard InChI is InChI=1S/C14H14Cl2N2O2/c15-10-5-11(16)7-12(6-10)20-13(9-1-2-17-8-9)14-18-3-4-19-14/h3-7,9,13,17H,1-2,8H2/t9-,13-/m0/s1. The number of aromatic nitrogens is 1. The fourth-order valence-electron chi connectivity index (χ4n) is 2.40. The summed E-state index contributed by atoms with van der Waals surface area (Å²) in [6, 6.07) is 5.16. The molecular weight excluding hydrogens is 299 g/mol. The molecule has 6 heteroatoms. The van der Waals surface area contributed by atoms with Crippen molar-refractivity contribution in [2.24, 2.45) is 5.92 Å². The van der Waals surface area contributed by atoms with Gasteiger partial charge in [0.1, 0.15) is 12.0 Å². The maximum absolute atomic E-state index is 6.04. The summed E-state index contributed by atoms with van der Waals surface area (Å²) in [4.78, 5) is 4.22. The fraction of sp³-hybridized carbons (Fsp3) is 0.357. The molecule has 1 aliphatic heterocycles. The van der Waals surface area contributed by atoms with Gasteiger partial charge in [0.05, 0.1) is 6.20 Å². The minimum Gasteiger partial charge on any atom is -0.480 e. The lowest BCUT2D eigenvalue weighted by Gasteiger charge is -2.21. The van der Waals surface area contributed by atoms with E-state index in [9.17, 15) is 0 Å². The molecule has 2 atom stereocenters. The second-order valence-corrected chi connectivity index (χ2v) is 5.64. The minimum atomic E-state index is -0.241. The number of rotatable bonds is 4. The maximum atomic E-state index is 6.04. The van der Waals surface area contributed by atoms with Crippen LogP contribution in [0.15, 0.2) is 35.1 Å². The molecule has 2 heterocycles. The van der Waals surface area contributed by atoms with Crippen LogP contribution in [0, 0.1) is 5.92 Å². The molecule has 20 heavy (non-hydrogen) atoms. The molecule has 1 N–H and O–H groups in total.